The minimum Gasteiger partial charge on any atom is -0.493 e. The summed E-state index contributed by atoms with van der Waals surface area (Å²) in [5.74, 6) is 1.95. The summed E-state index contributed by atoms with van der Waals surface area (Å²) in [7, 11) is 2.82. The summed E-state index contributed by atoms with van der Waals surface area (Å²) in [4.78, 5) is 0.241. The summed E-state index contributed by atoms with van der Waals surface area (Å²) in [5.41, 5.74) is 1.06. The van der Waals surface area contributed by atoms with E-state index in [4.69, 9.17) is 18.9 Å². The molecule has 0 atom stereocenters. The maximum Gasteiger partial charge on any atom is 0.242 e. The zero-order chi connectivity index (χ0) is 21.3. The Morgan fingerprint density at radius 1 is 0.897 bits per heavy atom. The van der Waals surface area contributed by atoms with E-state index in [1.807, 2.05) is 18.2 Å². The van der Waals surface area contributed by atoms with E-state index in [9.17, 15) is 8.42 Å². The molecular weight excluding hydrogens is 394 g/mol. The summed E-state index contributed by atoms with van der Waals surface area (Å²) in [5, 5.41) is 0. The molecule has 0 saturated carbocycles. The van der Waals surface area contributed by atoms with Gasteiger partial charge in [0.05, 0.1) is 25.7 Å². The molecule has 0 aliphatic carbocycles. The third kappa shape index (κ3) is 6.35. The van der Waals surface area contributed by atoms with Gasteiger partial charge in [0.15, 0.2) is 11.5 Å². The molecule has 0 N–H and O–H groups in total. The molecule has 0 fully saturated rings. The van der Waals surface area contributed by atoms with Gasteiger partial charge in [0, 0.05) is 20.7 Å². The van der Waals surface area contributed by atoms with E-state index in [-0.39, 0.29) is 4.90 Å². The number of hydrogen-bond donors (Lipinski definition) is 0. The number of hydrogen-bond acceptors (Lipinski definition) is 6. The van der Waals surface area contributed by atoms with E-state index >= 15 is 0 Å². The van der Waals surface area contributed by atoms with Crippen molar-refractivity contribution in [1.82, 2.24) is 4.31 Å². The molecule has 0 heterocycles. The van der Waals surface area contributed by atoms with E-state index in [1.165, 1.54) is 4.31 Å². The Balaban J connectivity index is 1.93. The second-order valence-electron chi connectivity index (χ2n) is 6.43. The predicted octanol–water partition coefficient (Wildman–Crippen LogP) is 2.98. The first-order valence-electron chi connectivity index (χ1n) is 9.31. The first-order chi connectivity index (χ1) is 13.9. The number of sulfonamides is 1. The first-order valence-corrected chi connectivity index (χ1v) is 10.8. The van der Waals surface area contributed by atoms with Crippen LogP contribution in [-0.2, 0) is 21.2 Å². The molecular formula is C21H29NO6S. The average molecular weight is 424 g/mol. The molecule has 0 aliphatic rings. The lowest BCUT2D eigenvalue weighted by Crippen LogP contribution is -2.28. The predicted molar refractivity (Wildman–Crippen MR) is 111 cm³/mol. The molecule has 0 amide bonds. The van der Waals surface area contributed by atoms with E-state index in [1.54, 1.807) is 52.6 Å². The summed E-state index contributed by atoms with van der Waals surface area (Å²) < 4.78 is 47.8. The number of benzene rings is 2. The van der Waals surface area contributed by atoms with Gasteiger partial charge in [-0.15, -0.1) is 0 Å². The SMILES string of the molecule is COCCOc1ccc(S(=O)(=O)N(C)CCCc2ccc(OC)c(OC)c2)cc1. The normalized spacial score (nSPS) is 11.5. The van der Waals surface area contributed by atoms with Crippen LogP contribution in [0.1, 0.15) is 12.0 Å². The summed E-state index contributed by atoms with van der Waals surface area (Å²) in [6.07, 6.45) is 1.41. The molecule has 0 unspecified atom stereocenters. The maximum absolute atomic E-state index is 12.8. The fourth-order valence-corrected chi connectivity index (χ4v) is 4.00. The van der Waals surface area contributed by atoms with Crippen LogP contribution in [0.25, 0.3) is 0 Å². The molecule has 0 saturated heterocycles. The number of rotatable bonds is 12. The average Bonchev–Trinajstić information content (AvgIpc) is 2.74. The van der Waals surface area contributed by atoms with Crippen molar-refractivity contribution in [3.8, 4) is 17.2 Å². The Hall–Kier alpha value is -2.29. The Morgan fingerprint density at radius 3 is 2.21 bits per heavy atom. The molecule has 2 rings (SSSR count). The van der Waals surface area contributed by atoms with Crippen LogP contribution in [0.15, 0.2) is 47.4 Å². The Labute approximate surface area is 173 Å². The highest BCUT2D eigenvalue weighted by Crippen LogP contribution is 2.28. The molecule has 8 heteroatoms. The molecule has 0 aliphatic heterocycles. The number of aryl methyl sites for hydroxylation is 1. The third-order valence-electron chi connectivity index (χ3n) is 4.47. The van der Waals surface area contributed by atoms with Gasteiger partial charge in [-0.3, -0.25) is 0 Å². The van der Waals surface area contributed by atoms with Gasteiger partial charge in [-0.25, -0.2) is 12.7 Å². The van der Waals surface area contributed by atoms with Gasteiger partial charge in [-0.05, 0) is 54.8 Å². The van der Waals surface area contributed by atoms with Crippen molar-refractivity contribution in [3.63, 3.8) is 0 Å². The minimum atomic E-state index is -3.55. The van der Waals surface area contributed by atoms with Gasteiger partial charge < -0.3 is 18.9 Å². The molecule has 7 nitrogen and oxygen atoms in total. The van der Waals surface area contributed by atoms with Crippen LogP contribution in [-0.4, -0.2) is 60.9 Å². The molecule has 160 valence electrons. The molecule has 2 aromatic rings. The van der Waals surface area contributed by atoms with Crippen molar-refractivity contribution in [3.05, 3.63) is 48.0 Å². The minimum absolute atomic E-state index is 0.241. The van der Waals surface area contributed by atoms with E-state index in [0.717, 1.165) is 12.0 Å². The first kappa shape index (κ1) is 23.0. The highest BCUT2D eigenvalue weighted by molar-refractivity contribution is 7.89. The molecule has 0 bridgehead atoms. The van der Waals surface area contributed by atoms with Gasteiger partial charge in [0.25, 0.3) is 0 Å². The largest absolute Gasteiger partial charge is 0.493 e. The van der Waals surface area contributed by atoms with Crippen molar-refractivity contribution in [2.24, 2.45) is 0 Å². The van der Waals surface area contributed by atoms with Gasteiger partial charge in [0.2, 0.25) is 10.0 Å². The van der Waals surface area contributed by atoms with Crippen molar-refractivity contribution >= 4 is 10.0 Å². The summed E-state index contributed by atoms with van der Waals surface area (Å²) in [6, 6.07) is 12.1. The molecule has 0 spiro atoms. The Bertz CT molecular complexity index is 867. The third-order valence-corrected chi connectivity index (χ3v) is 6.35. The monoisotopic (exact) mass is 423 g/mol. The van der Waals surface area contributed by atoms with Crippen molar-refractivity contribution in [2.45, 2.75) is 17.7 Å². The van der Waals surface area contributed by atoms with Crippen LogP contribution < -0.4 is 14.2 Å². The second kappa shape index (κ2) is 11.0. The van der Waals surface area contributed by atoms with Gasteiger partial charge in [-0.2, -0.15) is 0 Å². The Kier molecular flexibility index (Phi) is 8.75. The molecule has 29 heavy (non-hydrogen) atoms. The van der Waals surface area contributed by atoms with Crippen LogP contribution in [0.5, 0.6) is 17.2 Å². The van der Waals surface area contributed by atoms with Crippen LogP contribution >= 0.6 is 0 Å². The quantitative estimate of drug-likeness (QED) is 0.489. The molecule has 0 radical (unpaired) electrons. The van der Waals surface area contributed by atoms with Gasteiger partial charge in [-0.1, -0.05) is 6.07 Å². The summed E-state index contributed by atoms with van der Waals surface area (Å²) in [6.45, 7) is 1.30. The smallest absolute Gasteiger partial charge is 0.242 e. The molecule has 2 aromatic carbocycles. The molecule has 0 aromatic heterocycles. The van der Waals surface area contributed by atoms with Crippen molar-refractivity contribution < 1.29 is 27.4 Å². The number of ether oxygens (including phenoxy) is 4. The standard InChI is InChI=1S/C21H29NO6S/c1-22(13-5-6-17-7-12-20(26-3)21(16-17)27-4)29(23,24)19-10-8-18(9-11-19)28-15-14-25-2/h7-12,16H,5-6,13-15H2,1-4H3. The van der Waals surface area contributed by atoms with E-state index in [0.29, 0.717) is 43.4 Å². The van der Waals surface area contributed by atoms with Crippen molar-refractivity contribution in [1.29, 1.82) is 0 Å². The van der Waals surface area contributed by atoms with Crippen LogP contribution in [0, 0.1) is 0 Å². The maximum atomic E-state index is 12.8. The topological polar surface area (TPSA) is 74.3 Å². The van der Waals surface area contributed by atoms with Gasteiger partial charge in [0.1, 0.15) is 12.4 Å². The van der Waals surface area contributed by atoms with E-state index in [2.05, 4.69) is 0 Å². The van der Waals surface area contributed by atoms with Crippen LogP contribution in [0.2, 0.25) is 0 Å². The van der Waals surface area contributed by atoms with Crippen molar-refractivity contribution in [2.75, 3.05) is 48.1 Å². The van der Waals surface area contributed by atoms with Crippen LogP contribution in [0.4, 0.5) is 0 Å². The van der Waals surface area contributed by atoms with Gasteiger partial charge >= 0.3 is 0 Å². The highest BCUT2D eigenvalue weighted by Gasteiger charge is 2.20. The number of nitrogens with zero attached hydrogens (tertiary/aromatic N) is 1. The lowest BCUT2D eigenvalue weighted by atomic mass is 10.1. The highest BCUT2D eigenvalue weighted by atomic mass is 32.2. The summed E-state index contributed by atoms with van der Waals surface area (Å²) >= 11 is 0. The fraction of sp³-hybridized carbons (Fsp3) is 0.429. The fourth-order valence-electron chi connectivity index (χ4n) is 2.79. The lowest BCUT2D eigenvalue weighted by molar-refractivity contribution is 0.146. The number of methoxy groups -OCH3 is 3. The lowest BCUT2D eigenvalue weighted by Gasteiger charge is -2.17. The van der Waals surface area contributed by atoms with E-state index < -0.39 is 10.0 Å². The van der Waals surface area contributed by atoms with Crippen LogP contribution in [0.3, 0.4) is 0 Å². The zero-order valence-electron chi connectivity index (χ0n) is 17.4. The zero-order valence-corrected chi connectivity index (χ0v) is 18.2. The second-order valence-corrected chi connectivity index (χ2v) is 8.48. The Morgan fingerprint density at radius 2 is 1.59 bits per heavy atom.